The van der Waals surface area contributed by atoms with E-state index in [1.54, 1.807) is 37.5 Å². The Morgan fingerprint density at radius 2 is 1.93 bits per heavy atom. The number of methoxy groups -OCH3 is 1. The lowest BCUT2D eigenvalue weighted by Crippen LogP contribution is -2.32. The number of hydrogen-bond acceptors (Lipinski definition) is 9. The topological polar surface area (TPSA) is 116 Å². The highest BCUT2D eigenvalue weighted by Gasteiger charge is 2.33. The molecule has 0 saturated heterocycles. The number of halogens is 1. The first-order chi connectivity index (χ1) is 19.7. The van der Waals surface area contributed by atoms with E-state index in [2.05, 4.69) is 15.3 Å². The molecule has 2 aromatic heterocycles. The summed E-state index contributed by atoms with van der Waals surface area (Å²) in [4.78, 5) is 39.7. The minimum atomic E-state index is -1.02. The maximum Gasteiger partial charge on any atom is 0.417 e. The van der Waals surface area contributed by atoms with Crippen molar-refractivity contribution >= 4 is 50.3 Å². The first-order valence-electron chi connectivity index (χ1n) is 12.6. The zero-order valence-electron chi connectivity index (χ0n) is 22.5. The smallest absolute Gasteiger partial charge is 0.417 e. The van der Waals surface area contributed by atoms with Crippen molar-refractivity contribution in [2.45, 2.75) is 19.6 Å². The predicted molar refractivity (Wildman–Crippen MR) is 152 cm³/mol. The van der Waals surface area contributed by atoms with Crippen molar-refractivity contribution in [3.05, 3.63) is 71.2 Å². The van der Waals surface area contributed by atoms with Crippen molar-refractivity contribution in [1.29, 1.82) is 0 Å². The first-order valence-corrected chi connectivity index (χ1v) is 13.4. The maximum absolute atomic E-state index is 15.1. The van der Waals surface area contributed by atoms with Crippen molar-refractivity contribution in [2.75, 3.05) is 26.1 Å². The van der Waals surface area contributed by atoms with Gasteiger partial charge in [0.25, 0.3) is 12.2 Å². The number of amides is 2. The van der Waals surface area contributed by atoms with Crippen molar-refractivity contribution < 1.29 is 28.2 Å². The number of ether oxygens (including phenoxy) is 3. The first kappa shape index (κ1) is 26.4. The fourth-order valence-electron chi connectivity index (χ4n) is 4.70. The molecule has 0 radical (unpaired) electrons. The third kappa shape index (κ3) is 4.76. The van der Waals surface area contributed by atoms with Gasteiger partial charge in [0.1, 0.15) is 5.01 Å². The minimum Gasteiger partial charge on any atom is -0.480 e. The summed E-state index contributed by atoms with van der Waals surface area (Å²) in [6, 6.07) is 11.7. The van der Waals surface area contributed by atoms with Crippen molar-refractivity contribution in [3.63, 3.8) is 0 Å². The molecule has 3 aromatic carbocycles. The Kier molecular flexibility index (Phi) is 6.62. The van der Waals surface area contributed by atoms with Gasteiger partial charge in [-0.25, -0.2) is 24.1 Å². The van der Waals surface area contributed by atoms with Crippen LogP contribution in [0, 0.1) is 12.7 Å². The molecule has 2 amide bonds. The Balaban J connectivity index is 1.27. The normalized spacial score (nSPS) is 14.0. The fourth-order valence-corrected chi connectivity index (χ4v) is 5.81. The second-order valence-electron chi connectivity index (χ2n) is 9.45. The molecule has 3 heterocycles. The van der Waals surface area contributed by atoms with Gasteiger partial charge in [-0.05, 0) is 48.9 Å². The van der Waals surface area contributed by atoms with E-state index in [1.807, 2.05) is 19.1 Å². The summed E-state index contributed by atoms with van der Waals surface area (Å²) in [5.74, 6) is -0.369. The lowest BCUT2D eigenvalue weighted by atomic mass is 10.1. The van der Waals surface area contributed by atoms with Gasteiger partial charge in [0.05, 0.1) is 41.0 Å². The molecule has 6 rings (SSSR count). The summed E-state index contributed by atoms with van der Waals surface area (Å²) in [5.41, 5.74) is 5.10. The van der Waals surface area contributed by atoms with E-state index in [0.29, 0.717) is 44.3 Å². The molecule has 0 aliphatic carbocycles. The number of benzene rings is 3. The SMILES string of the molecule is CNC(=O)c1ccc(N(C)C(=O)O[C@@H]2Cc3c(c(F)cc4nc(-c5cc(C)cc6nc(OC)cnc56)sc34)O2)cc1. The molecule has 10 nitrogen and oxygen atoms in total. The number of rotatable bonds is 5. The van der Waals surface area contributed by atoms with Crippen LogP contribution in [0.1, 0.15) is 21.5 Å². The average molecular weight is 574 g/mol. The zero-order chi connectivity index (χ0) is 28.8. The van der Waals surface area contributed by atoms with Crippen LogP contribution in [0.25, 0.3) is 31.8 Å². The predicted octanol–water partition coefficient (Wildman–Crippen LogP) is 5.26. The Bertz CT molecular complexity index is 1840. The van der Waals surface area contributed by atoms with Crippen LogP contribution < -0.4 is 19.7 Å². The van der Waals surface area contributed by atoms with Crippen LogP contribution in [0.5, 0.6) is 11.6 Å². The van der Waals surface area contributed by atoms with E-state index < -0.39 is 18.2 Å². The summed E-state index contributed by atoms with van der Waals surface area (Å²) in [6.07, 6.45) is 0.00374. The number of thiazole rings is 1. The fraction of sp³-hybridized carbons (Fsp3) is 0.207. The maximum atomic E-state index is 15.1. The van der Waals surface area contributed by atoms with Gasteiger partial charge in [0.15, 0.2) is 11.6 Å². The summed E-state index contributed by atoms with van der Waals surface area (Å²) >= 11 is 1.39. The lowest BCUT2D eigenvalue weighted by molar-refractivity contribution is -0.0144. The van der Waals surface area contributed by atoms with Gasteiger partial charge in [-0.3, -0.25) is 9.69 Å². The van der Waals surface area contributed by atoms with Crippen LogP contribution in [0.4, 0.5) is 14.9 Å². The molecule has 0 spiro atoms. The van der Waals surface area contributed by atoms with Crippen molar-refractivity contribution in [2.24, 2.45) is 0 Å². The summed E-state index contributed by atoms with van der Waals surface area (Å²) < 4.78 is 32.4. The highest BCUT2D eigenvalue weighted by molar-refractivity contribution is 7.22. The Hall–Kier alpha value is -4.84. The molecule has 1 N–H and O–H groups in total. The quantitative estimate of drug-likeness (QED) is 0.303. The molecule has 0 saturated carbocycles. The molecule has 12 heteroatoms. The van der Waals surface area contributed by atoms with Crippen LogP contribution in [0.2, 0.25) is 0 Å². The Labute approximate surface area is 237 Å². The molecule has 5 aromatic rings. The van der Waals surface area contributed by atoms with Gasteiger partial charge in [-0.15, -0.1) is 11.3 Å². The Morgan fingerprint density at radius 3 is 2.66 bits per heavy atom. The number of anilines is 1. The van der Waals surface area contributed by atoms with Crippen molar-refractivity contribution in [3.8, 4) is 22.2 Å². The number of nitrogens with one attached hydrogen (secondary N) is 1. The second-order valence-corrected chi connectivity index (χ2v) is 10.4. The number of nitrogens with zero attached hydrogens (tertiary/aromatic N) is 4. The number of carbonyl (C=O) groups excluding carboxylic acids is 2. The van der Waals surface area contributed by atoms with E-state index in [-0.39, 0.29) is 18.1 Å². The average Bonchev–Trinajstić information content (AvgIpc) is 3.60. The molecule has 41 heavy (non-hydrogen) atoms. The van der Waals surface area contributed by atoms with E-state index in [9.17, 15) is 9.59 Å². The van der Waals surface area contributed by atoms with E-state index in [1.165, 1.54) is 36.5 Å². The molecule has 1 atom stereocenters. The summed E-state index contributed by atoms with van der Waals surface area (Å²) in [7, 11) is 4.61. The molecular formula is C29H24FN5O5S. The van der Waals surface area contributed by atoms with Gasteiger partial charge in [-0.1, -0.05) is 0 Å². The lowest BCUT2D eigenvalue weighted by Gasteiger charge is -2.20. The van der Waals surface area contributed by atoms with Gasteiger partial charge in [-0.2, -0.15) is 0 Å². The standard InChI is InChI=1S/C29H24FN5O5S/c1-14-9-17(24-20(10-14)33-22(38-4)13-32-24)28-34-21-12-19(30)25-18(26(21)41-28)11-23(39-25)40-29(37)35(3)16-7-5-15(6-8-16)27(36)31-2/h5-10,12-13,23H,11H2,1-4H3,(H,31,36)/t23-/m1/s1. The van der Waals surface area contributed by atoms with Crippen molar-refractivity contribution in [1.82, 2.24) is 20.3 Å². The van der Waals surface area contributed by atoms with Crippen LogP contribution in [-0.4, -0.2) is 54.4 Å². The zero-order valence-corrected chi connectivity index (χ0v) is 23.3. The molecule has 208 valence electrons. The molecule has 0 bridgehead atoms. The van der Waals surface area contributed by atoms with Gasteiger partial charge >= 0.3 is 6.09 Å². The molecule has 1 aliphatic rings. The van der Waals surface area contributed by atoms with E-state index in [4.69, 9.17) is 19.2 Å². The summed E-state index contributed by atoms with van der Waals surface area (Å²) in [6.45, 7) is 1.95. The Morgan fingerprint density at radius 1 is 1.15 bits per heavy atom. The van der Waals surface area contributed by atoms with Gasteiger partial charge in [0, 0.05) is 42.5 Å². The monoisotopic (exact) mass is 573 g/mol. The number of carbonyl (C=O) groups is 2. The molecule has 0 unspecified atom stereocenters. The third-order valence-corrected chi connectivity index (χ3v) is 7.92. The van der Waals surface area contributed by atoms with Gasteiger partial charge < -0.3 is 19.5 Å². The number of fused-ring (bicyclic) bond motifs is 4. The minimum absolute atomic E-state index is 0.0433. The van der Waals surface area contributed by atoms with Crippen LogP contribution in [0.15, 0.2) is 48.7 Å². The molecule has 1 aliphatic heterocycles. The van der Waals surface area contributed by atoms with E-state index in [0.717, 1.165) is 15.8 Å². The number of aryl methyl sites for hydroxylation is 1. The van der Waals surface area contributed by atoms with Crippen LogP contribution in [-0.2, 0) is 11.2 Å². The van der Waals surface area contributed by atoms with Gasteiger partial charge in [0.2, 0.25) is 5.88 Å². The largest absolute Gasteiger partial charge is 0.480 e. The number of aromatic nitrogens is 3. The van der Waals surface area contributed by atoms with Crippen LogP contribution in [0.3, 0.4) is 0 Å². The molecular weight excluding hydrogens is 549 g/mol. The number of hydrogen-bond donors (Lipinski definition) is 1. The third-order valence-electron chi connectivity index (χ3n) is 6.76. The summed E-state index contributed by atoms with van der Waals surface area (Å²) in [5, 5.41) is 3.20. The highest BCUT2D eigenvalue weighted by atomic mass is 32.1. The van der Waals surface area contributed by atoms with Crippen LogP contribution >= 0.6 is 11.3 Å². The molecule has 0 fully saturated rings. The second kappa shape index (κ2) is 10.3. The highest BCUT2D eigenvalue weighted by Crippen LogP contribution is 2.43. The van der Waals surface area contributed by atoms with E-state index >= 15 is 4.39 Å².